The lowest BCUT2D eigenvalue weighted by Gasteiger charge is -2.19. The standard InChI is InChI=1S/C18H24N2O2/c1-14-6-7-18(22-14)12-19-11-15-8-9-20(13-15)16-4-3-5-17(10-16)21-2/h3-7,10,15,19H,8-9,11-13H2,1-2H3/t15-/m0/s1. The van der Waals surface area contributed by atoms with Crippen LogP contribution >= 0.6 is 0 Å². The van der Waals surface area contributed by atoms with Gasteiger partial charge in [-0.3, -0.25) is 0 Å². The van der Waals surface area contributed by atoms with Crippen LogP contribution in [-0.4, -0.2) is 26.7 Å². The van der Waals surface area contributed by atoms with Gasteiger partial charge >= 0.3 is 0 Å². The van der Waals surface area contributed by atoms with Gasteiger partial charge < -0.3 is 19.4 Å². The Labute approximate surface area is 132 Å². The third kappa shape index (κ3) is 3.63. The molecule has 22 heavy (non-hydrogen) atoms. The normalized spacial score (nSPS) is 17.9. The lowest BCUT2D eigenvalue weighted by atomic mass is 10.1. The van der Waals surface area contributed by atoms with Crippen LogP contribution in [0.3, 0.4) is 0 Å². The first kappa shape index (κ1) is 15.0. The van der Waals surface area contributed by atoms with Crippen molar-refractivity contribution in [2.75, 3.05) is 31.6 Å². The maximum Gasteiger partial charge on any atom is 0.120 e. The molecule has 0 spiro atoms. The molecule has 0 radical (unpaired) electrons. The molecule has 1 saturated heterocycles. The van der Waals surface area contributed by atoms with E-state index in [-0.39, 0.29) is 0 Å². The first-order chi connectivity index (χ1) is 10.7. The van der Waals surface area contributed by atoms with Crippen LogP contribution in [0.2, 0.25) is 0 Å². The van der Waals surface area contributed by atoms with Crippen LogP contribution in [0.1, 0.15) is 17.9 Å². The molecule has 2 aromatic rings. The van der Waals surface area contributed by atoms with Gasteiger partial charge in [0.05, 0.1) is 13.7 Å². The highest BCUT2D eigenvalue weighted by Crippen LogP contribution is 2.26. The third-order valence-electron chi connectivity index (χ3n) is 4.23. The predicted molar refractivity (Wildman–Crippen MR) is 88.5 cm³/mol. The Morgan fingerprint density at radius 3 is 3.00 bits per heavy atom. The van der Waals surface area contributed by atoms with Gasteiger partial charge in [-0.2, -0.15) is 0 Å². The second-order valence-corrected chi connectivity index (χ2v) is 5.95. The second kappa shape index (κ2) is 6.88. The molecule has 1 aromatic heterocycles. The Bertz CT molecular complexity index is 609. The Hall–Kier alpha value is -1.94. The van der Waals surface area contributed by atoms with Gasteiger partial charge in [-0.25, -0.2) is 0 Å². The van der Waals surface area contributed by atoms with Crippen molar-refractivity contribution in [3.8, 4) is 5.75 Å². The van der Waals surface area contributed by atoms with Crippen LogP contribution in [0.25, 0.3) is 0 Å². The van der Waals surface area contributed by atoms with E-state index in [4.69, 9.17) is 9.15 Å². The van der Waals surface area contributed by atoms with Crippen LogP contribution in [0.5, 0.6) is 5.75 Å². The number of anilines is 1. The zero-order valence-corrected chi connectivity index (χ0v) is 13.3. The smallest absolute Gasteiger partial charge is 0.120 e. The zero-order valence-electron chi connectivity index (χ0n) is 13.3. The topological polar surface area (TPSA) is 37.6 Å². The van der Waals surface area contributed by atoms with Crippen LogP contribution < -0.4 is 15.0 Å². The van der Waals surface area contributed by atoms with Crippen molar-refractivity contribution >= 4 is 5.69 Å². The summed E-state index contributed by atoms with van der Waals surface area (Å²) >= 11 is 0. The number of rotatable bonds is 6. The highest BCUT2D eigenvalue weighted by Gasteiger charge is 2.22. The molecule has 118 valence electrons. The van der Waals surface area contributed by atoms with Crippen molar-refractivity contribution in [3.05, 3.63) is 47.9 Å². The molecule has 1 aromatic carbocycles. The van der Waals surface area contributed by atoms with E-state index in [1.54, 1.807) is 7.11 Å². The molecule has 0 bridgehead atoms. The van der Waals surface area contributed by atoms with Crippen LogP contribution in [0.15, 0.2) is 40.8 Å². The van der Waals surface area contributed by atoms with Crippen molar-refractivity contribution in [2.24, 2.45) is 5.92 Å². The molecule has 4 nitrogen and oxygen atoms in total. The van der Waals surface area contributed by atoms with Gasteiger partial charge in [0.1, 0.15) is 17.3 Å². The van der Waals surface area contributed by atoms with Gasteiger partial charge in [-0.15, -0.1) is 0 Å². The third-order valence-corrected chi connectivity index (χ3v) is 4.23. The monoisotopic (exact) mass is 300 g/mol. The molecule has 2 heterocycles. The van der Waals surface area contributed by atoms with E-state index >= 15 is 0 Å². The van der Waals surface area contributed by atoms with Gasteiger partial charge in [0, 0.05) is 31.4 Å². The summed E-state index contributed by atoms with van der Waals surface area (Å²) in [4.78, 5) is 2.44. The molecule has 1 N–H and O–H groups in total. The quantitative estimate of drug-likeness (QED) is 0.889. The molecule has 3 rings (SSSR count). The number of furan rings is 1. The van der Waals surface area contributed by atoms with Crippen LogP contribution in [0.4, 0.5) is 5.69 Å². The van der Waals surface area contributed by atoms with E-state index in [9.17, 15) is 0 Å². The van der Waals surface area contributed by atoms with Gasteiger partial charge in [0.2, 0.25) is 0 Å². The minimum atomic E-state index is 0.683. The number of hydrogen-bond donors (Lipinski definition) is 1. The van der Waals surface area contributed by atoms with Gasteiger partial charge in [0.15, 0.2) is 0 Å². The Kier molecular flexibility index (Phi) is 4.68. The van der Waals surface area contributed by atoms with E-state index in [0.29, 0.717) is 5.92 Å². The Morgan fingerprint density at radius 1 is 1.32 bits per heavy atom. The number of benzene rings is 1. The number of ether oxygens (including phenoxy) is 1. The maximum absolute atomic E-state index is 5.58. The fourth-order valence-electron chi connectivity index (χ4n) is 3.02. The average molecular weight is 300 g/mol. The van der Waals surface area contributed by atoms with E-state index in [0.717, 1.165) is 43.4 Å². The predicted octanol–water partition coefficient (Wildman–Crippen LogP) is 3.21. The lowest BCUT2D eigenvalue weighted by molar-refractivity contribution is 0.415. The molecule has 1 fully saturated rings. The summed E-state index contributed by atoms with van der Waals surface area (Å²) < 4.78 is 10.9. The molecular weight excluding hydrogens is 276 g/mol. The molecule has 0 amide bonds. The fourth-order valence-corrected chi connectivity index (χ4v) is 3.02. The molecule has 1 aliphatic rings. The highest BCUT2D eigenvalue weighted by atomic mass is 16.5. The van der Waals surface area contributed by atoms with Crippen molar-refractivity contribution in [1.29, 1.82) is 0 Å². The highest BCUT2D eigenvalue weighted by molar-refractivity contribution is 5.51. The largest absolute Gasteiger partial charge is 0.497 e. The summed E-state index contributed by atoms with van der Waals surface area (Å²) in [5.74, 6) is 3.59. The van der Waals surface area contributed by atoms with Crippen molar-refractivity contribution in [3.63, 3.8) is 0 Å². The van der Waals surface area contributed by atoms with E-state index in [2.05, 4.69) is 28.4 Å². The summed E-state index contributed by atoms with van der Waals surface area (Å²) in [5.41, 5.74) is 1.25. The van der Waals surface area contributed by atoms with Crippen molar-refractivity contribution < 1.29 is 9.15 Å². The minimum Gasteiger partial charge on any atom is -0.497 e. The molecule has 0 aliphatic carbocycles. The number of aryl methyl sites for hydroxylation is 1. The second-order valence-electron chi connectivity index (χ2n) is 5.95. The summed E-state index contributed by atoms with van der Waals surface area (Å²) in [6.45, 7) is 6.02. The number of nitrogens with zero attached hydrogens (tertiary/aromatic N) is 1. The van der Waals surface area contributed by atoms with Crippen molar-refractivity contribution in [2.45, 2.75) is 19.9 Å². The van der Waals surface area contributed by atoms with Gasteiger partial charge in [0.25, 0.3) is 0 Å². The zero-order chi connectivity index (χ0) is 15.4. The van der Waals surface area contributed by atoms with E-state index < -0.39 is 0 Å². The molecule has 0 saturated carbocycles. The first-order valence-electron chi connectivity index (χ1n) is 7.89. The Morgan fingerprint density at radius 2 is 2.23 bits per heavy atom. The van der Waals surface area contributed by atoms with Gasteiger partial charge in [-0.1, -0.05) is 6.07 Å². The summed E-state index contributed by atoms with van der Waals surface area (Å²) in [6, 6.07) is 12.4. The SMILES string of the molecule is COc1cccc(N2CC[C@@H](CNCc3ccc(C)o3)C2)c1. The maximum atomic E-state index is 5.58. The summed E-state index contributed by atoms with van der Waals surface area (Å²) in [5, 5.41) is 3.51. The van der Waals surface area contributed by atoms with Crippen LogP contribution in [0, 0.1) is 12.8 Å². The average Bonchev–Trinajstić information content (AvgIpc) is 3.17. The number of hydrogen-bond acceptors (Lipinski definition) is 4. The van der Waals surface area contributed by atoms with Gasteiger partial charge in [-0.05, 0) is 43.5 Å². The molecule has 1 atom stereocenters. The fraction of sp³-hybridized carbons (Fsp3) is 0.444. The lowest BCUT2D eigenvalue weighted by Crippen LogP contribution is -2.26. The van der Waals surface area contributed by atoms with Crippen LogP contribution in [-0.2, 0) is 6.54 Å². The molecule has 0 unspecified atom stereocenters. The molecule has 1 aliphatic heterocycles. The molecule has 4 heteroatoms. The molecular formula is C18H24N2O2. The number of methoxy groups -OCH3 is 1. The Balaban J connectivity index is 1.47. The first-order valence-corrected chi connectivity index (χ1v) is 7.89. The van der Waals surface area contributed by atoms with E-state index in [1.165, 1.54) is 12.1 Å². The summed E-state index contributed by atoms with van der Waals surface area (Å²) in [7, 11) is 1.71. The minimum absolute atomic E-state index is 0.683. The van der Waals surface area contributed by atoms with E-state index in [1.807, 2.05) is 25.1 Å². The number of nitrogens with one attached hydrogen (secondary N) is 1. The van der Waals surface area contributed by atoms with Crippen molar-refractivity contribution in [1.82, 2.24) is 5.32 Å². The summed E-state index contributed by atoms with van der Waals surface area (Å²) in [6.07, 6.45) is 1.22.